The van der Waals surface area contributed by atoms with Crippen molar-refractivity contribution in [2.24, 2.45) is 0 Å². The highest BCUT2D eigenvalue weighted by molar-refractivity contribution is 5.68. The van der Waals surface area contributed by atoms with Gasteiger partial charge in [0, 0.05) is 5.54 Å². The highest BCUT2D eigenvalue weighted by atomic mass is 16.5. The fraction of sp³-hybridized carbons (Fsp3) is 0.500. The van der Waals surface area contributed by atoms with Crippen LogP contribution in [0.1, 0.15) is 39.2 Å². The predicted molar refractivity (Wildman–Crippen MR) is 68.7 cm³/mol. The zero-order valence-corrected chi connectivity index (χ0v) is 10.8. The normalized spacial score (nSPS) is 11.0. The summed E-state index contributed by atoms with van der Waals surface area (Å²) in [4.78, 5) is 11.6. The molecule has 0 heterocycles. The smallest absolute Gasteiger partial charge is 0.407 e. The van der Waals surface area contributed by atoms with E-state index in [2.05, 4.69) is 12.2 Å². The van der Waals surface area contributed by atoms with Gasteiger partial charge in [0.1, 0.15) is 6.61 Å². The van der Waals surface area contributed by atoms with E-state index in [0.717, 1.165) is 18.4 Å². The molecule has 1 aromatic carbocycles. The number of ether oxygens (including phenoxy) is 1. The van der Waals surface area contributed by atoms with Gasteiger partial charge in [0.15, 0.2) is 0 Å². The van der Waals surface area contributed by atoms with Crippen molar-refractivity contribution in [2.45, 2.75) is 45.8 Å². The largest absolute Gasteiger partial charge is 0.445 e. The van der Waals surface area contributed by atoms with Crippen LogP contribution in [0.3, 0.4) is 0 Å². The zero-order chi connectivity index (χ0) is 12.7. The number of benzene rings is 1. The second-order valence-corrected chi connectivity index (χ2v) is 4.82. The molecule has 1 rings (SSSR count). The first-order valence-electron chi connectivity index (χ1n) is 6.02. The summed E-state index contributed by atoms with van der Waals surface area (Å²) in [6.07, 6.45) is 1.62. The molecule has 0 aromatic heterocycles. The number of nitrogens with one attached hydrogen (secondary N) is 1. The molecule has 1 aromatic rings. The van der Waals surface area contributed by atoms with E-state index in [4.69, 9.17) is 4.74 Å². The molecule has 0 bridgehead atoms. The number of carbonyl (C=O) groups is 1. The molecule has 0 aliphatic heterocycles. The van der Waals surface area contributed by atoms with Crippen molar-refractivity contribution in [3.63, 3.8) is 0 Å². The van der Waals surface area contributed by atoms with Crippen LogP contribution in [0.2, 0.25) is 0 Å². The van der Waals surface area contributed by atoms with Gasteiger partial charge in [-0.1, -0.05) is 43.7 Å². The molecule has 0 radical (unpaired) electrons. The Bertz CT molecular complexity index is 346. The second kappa shape index (κ2) is 6.28. The number of carbonyl (C=O) groups excluding carboxylic acids is 1. The summed E-state index contributed by atoms with van der Waals surface area (Å²) in [5, 5.41) is 2.87. The van der Waals surface area contributed by atoms with E-state index in [9.17, 15) is 4.79 Å². The minimum absolute atomic E-state index is 0.206. The van der Waals surface area contributed by atoms with Crippen molar-refractivity contribution in [3.8, 4) is 0 Å². The highest BCUT2D eigenvalue weighted by Gasteiger charge is 2.19. The molecule has 3 nitrogen and oxygen atoms in total. The van der Waals surface area contributed by atoms with Gasteiger partial charge in [-0.25, -0.2) is 4.79 Å². The average Bonchev–Trinajstić information content (AvgIpc) is 2.27. The maximum absolute atomic E-state index is 11.6. The van der Waals surface area contributed by atoms with Crippen LogP contribution in [0, 0.1) is 0 Å². The van der Waals surface area contributed by atoms with Gasteiger partial charge in [-0.2, -0.15) is 0 Å². The average molecular weight is 235 g/mol. The lowest BCUT2D eigenvalue weighted by molar-refractivity contribution is 0.128. The minimum atomic E-state index is -0.354. The SMILES string of the molecule is CCCC(C)(C)NC(=O)OCc1ccccc1. The lowest BCUT2D eigenvalue weighted by Gasteiger charge is -2.25. The molecule has 0 fully saturated rings. The van der Waals surface area contributed by atoms with Crippen LogP contribution in [0.15, 0.2) is 30.3 Å². The number of hydrogen-bond acceptors (Lipinski definition) is 2. The number of alkyl carbamates (subject to hydrolysis) is 1. The second-order valence-electron chi connectivity index (χ2n) is 4.82. The summed E-state index contributed by atoms with van der Waals surface area (Å²) in [7, 11) is 0. The quantitative estimate of drug-likeness (QED) is 0.848. The fourth-order valence-corrected chi connectivity index (χ4v) is 1.72. The summed E-state index contributed by atoms with van der Waals surface area (Å²) in [5.41, 5.74) is 0.790. The first kappa shape index (κ1) is 13.6. The molecule has 17 heavy (non-hydrogen) atoms. The van der Waals surface area contributed by atoms with Crippen LogP contribution in [0.5, 0.6) is 0 Å². The zero-order valence-electron chi connectivity index (χ0n) is 10.8. The molecule has 0 atom stereocenters. The molecule has 1 amide bonds. The van der Waals surface area contributed by atoms with E-state index in [0.29, 0.717) is 6.61 Å². The van der Waals surface area contributed by atoms with Crippen LogP contribution in [-0.4, -0.2) is 11.6 Å². The Morgan fingerprint density at radius 1 is 1.29 bits per heavy atom. The Labute approximate surface area is 103 Å². The summed E-state index contributed by atoms with van der Waals surface area (Å²) in [6, 6.07) is 9.66. The fourth-order valence-electron chi connectivity index (χ4n) is 1.72. The van der Waals surface area contributed by atoms with Crippen molar-refractivity contribution in [1.29, 1.82) is 0 Å². The lowest BCUT2D eigenvalue weighted by Crippen LogP contribution is -2.43. The third-order valence-corrected chi connectivity index (χ3v) is 2.53. The first-order chi connectivity index (χ1) is 8.03. The molecular formula is C14H21NO2. The van der Waals surface area contributed by atoms with E-state index < -0.39 is 0 Å². The van der Waals surface area contributed by atoms with E-state index in [1.165, 1.54) is 0 Å². The topological polar surface area (TPSA) is 38.3 Å². The predicted octanol–water partition coefficient (Wildman–Crippen LogP) is 3.49. The van der Waals surface area contributed by atoms with Crippen molar-refractivity contribution in [2.75, 3.05) is 0 Å². The molecule has 0 saturated heterocycles. The summed E-state index contributed by atoms with van der Waals surface area (Å²) >= 11 is 0. The summed E-state index contributed by atoms with van der Waals surface area (Å²) in [5.74, 6) is 0. The van der Waals surface area contributed by atoms with Gasteiger partial charge in [-0.3, -0.25) is 0 Å². The molecular weight excluding hydrogens is 214 g/mol. The number of rotatable bonds is 5. The molecule has 0 aliphatic rings. The van der Waals surface area contributed by atoms with E-state index in [-0.39, 0.29) is 11.6 Å². The summed E-state index contributed by atoms with van der Waals surface area (Å²) < 4.78 is 5.16. The third-order valence-electron chi connectivity index (χ3n) is 2.53. The van der Waals surface area contributed by atoms with Crippen molar-refractivity contribution in [3.05, 3.63) is 35.9 Å². The Hall–Kier alpha value is -1.51. The van der Waals surface area contributed by atoms with Crippen molar-refractivity contribution in [1.82, 2.24) is 5.32 Å². The Balaban J connectivity index is 2.35. The van der Waals surface area contributed by atoms with Crippen LogP contribution in [0.25, 0.3) is 0 Å². The van der Waals surface area contributed by atoms with Crippen molar-refractivity contribution < 1.29 is 9.53 Å². The van der Waals surface area contributed by atoms with E-state index in [1.807, 2.05) is 44.2 Å². The van der Waals surface area contributed by atoms with Gasteiger partial charge >= 0.3 is 6.09 Å². The number of amides is 1. The van der Waals surface area contributed by atoms with Gasteiger partial charge in [0.05, 0.1) is 0 Å². The standard InChI is InChI=1S/C14H21NO2/c1-4-10-14(2,3)15-13(16)17-11-12-8-6-5-7-9-12/h5-9H,4,10-11H2,1-3H3,(H,15,16). The maximum Gasteiger partial charge on any atom is 0.407 e. The molecule has 3 heteroatoms. The first-order valence-corrected chi connectivity index (χ1v) is 6.02. The minimum Gasteiger partial charge on any atom is -0.445 e. The third kappa shape index (κ3) is 5.38. The van der Waals surface area contributed by atoms with Crippen molar-refractivity contribution >= 4 is 6.09 Å². The van der Waals surface area contributed by atoms with E-state index >= 15 is 0 Å². The molecule has 0 saturated carbocycles. The van der Waals surface area contributed by atoms with Gasteiger partial charge in [-0.15, -0.1) is 0 Å². The lowest BCUT2D eigenvalue weighted by atomic mass is 9.99. The molecule has 1 N–H and O–H groups in total. The molecule has 94 valence electrons. The van der Waals surface area contributed by atoms with Gasteiger partial charge in [0.25, 0.3) is 0 Å². The van der Waals surface area contributed by atoms with Crippen LogP contribution in [0.4, 0.5) is 4.79 Å². The van der Waals surface area contributed by atoms with Gasteiger partial charge < -0.3 is 10.1 Å². The van der Waals surface area contributed by atoms with Crippen LogP contribution in [-0.2, 0) is 11.3 Å². The maximum atomic E-state index is 11.6. The summed E-state index contributed by atoms with van der Waals surface area (Å²) in [6.45, 7) is 6.41. The number of hydrogen-bond donors (Lipinski definition) is 1. The van der Waals surface area contributed by atoms with Crippen LogP contribution < -0.4 is 5.32 Å². The molecule has 0 spiro atoms. The van der Waals surface area contributed by atoms with E-state index in [1.54, 1.807) is 0 Å². The Morgan fingerprint density at radius 2 is 1.94 bits per heavy atom. The van der Waals surface area contributed by atoms with Gasteiger partial charge in [0.2, 0.25) is 0 Å². The Morgan fingerprint density at radius 3 is 2.53 bits per heavy atom. The molecule has 0 aliphatic carbocycles. The highest BCUT2D eigenvalue weighted by Crippen LogP contribution is 2.11. The monoisotopic (exact) mass is 235 g/mol. The van der Waals surface area contributed by atoms with Gasteiger partial charge in [-0.05, 0) is 25.8 Å². The molecule has 0 unspecified atom stereocenters. The Kier molecular flexibility index (Phi) is 5.01. The van der Waals surface area contributed by atoms with Crippen LogP contribution >= 0.6 is 0 Å².